The molecule has 0 atom stereocenters. The number of carbonyl (C=O) groups excluding carboxylic acids is 1. The van der Waals surface area contributed by atoms with Crippen LogP contribution in [0.2, 0.25) is 0 Å². The molecule has 2 rings (SSSR count). The lowest BCUT2D eigenvalue weighted by molar-refractivity contribution is 0.102. The lowest BCUT2D eigenvalue weighted by Gasteiger charge is -2.09. The van der Waals surface area contributed by atoms with Crippen LogP contribution in [0.5, 0.6) is 0 Å². The third-order valence-corrected chi connectivity index (χ3v) is 2.77. The number of halogens is 5. The Morgan fingerprint density at radius 3 is 2.25 bits per heavy atom. The lowest BCUT2D eigenvalue weighted by atomic mass is 10.2. The summed E-state index contributed by atoms with van der Waals surface area (Å²) in [5.41, 5.74) is -1.17. The number of hydrogen-bond donors (Lipinski definition) is 1. The molecule has 0 fully saturated rings. The van der Waals surface area contributed by atoms with E-state index in [0.717, 1.165) is 0 Å². The van der Waals surface area contributed by atoms with Crippen molar-refractivity contribution in [2.75, 3.05) is 5.32 Å². The van der Waals surface area contributed by atoms with Gasteiger partial charge in [-0.3, -0.25) is 4.79 Å². The molecule has 0 aliphatic carbocycles. The van der Waals surface area contributed by atoms with Crippen LogP contribution in [0.1, 0.15) is 10.4 Å². The standard InChI is InChI=1S/C12H5BrF4N2O/c13-8-3-5(1-2-18-8)12(20)19-11-9(16)6(14)4-7(15)10(11)17/h1-4H,(H,19,20). The lowest BCUT2D eigenvalue weighted by Crippen LogP contribution is -2.16. The number of benzene rings is 1. The van der Waals surface area contributed by atoms with Gasteiger partial charge < -0.3 is 5.32 Å². The summed E-state index contributed by atoms with van der Waals surface area (Å²) in [6, 6.07) is 2.61. The zero-order valence-electron chi connectivity index (χ0n) is 9.55. The molecule has 104 valence electrons. The summed E-state index contributed by atoms with van der Waals surface area (Å²) in [6.45, 7) is 0. The van der Waals surface area contributed by atoms with E-state index in [2.05, 4.69) is 20.9 Å². The highest BCUT2D eigenvalue weighted by Crippen LogP contribution is 2.24. The van der Waals surface area contributed by atoms with Crippen LogP contribution < -0.4 is 5.32 Å². The van der Waals surface area contributed by atoms with Crippen molar-refractivity contribution in [3.8, 4) is 0 Å². The van der Waals surface area contributed by atoms with Crippen LogP contribution in [0.15, 0.2) is 29.0 Å². The van der Waals surface area contributed by atoms with Crippen LogP contribution >= 0.6 is 15.9 Å². The maximum atomic E-state index is 13.4. The van der Waals surface area contributed by atoms with E-state index in [4.69, 9.17) is 0 Å². The number of carbonyl (C=O) groups is 1. The zero-order chi connectivity index (χ0) is 14.9. The summed E-state index contributed by atoms with van der Waals surface area (Å²) >= 11 is 3.01. The number of rotatable bonds is 2. The number of amides is 1. The molecule has 0 unspecified atom stereocenters. The summed E-state index contributed by atoms with van der Waals surface area (Å²) < 4.78 is 53.0. The van der Waals surface area contributed by atoms with E-state index < -0.39 is 34.9 Å². The van der Waals surface area contributed by atoms with Gasteiger partial charge >= 0.3 is 0 Å². The molecule has 20 heavy (non-hydrogen) atoms. The first kappa shape index (κ1) is 14.4. The molecular formula is C12H5BrF4N2O. The first-order valence-electron chi connectivity index (χ1n) is 5.16. The van der Waals surface area contributed by atoms with E-state index in [-0.39, 0.29) is 11.6 Å². The molecule has 1 aromatic heterocycles. The van der Waals surface area contributed by atoms with E-state index in [0.29, 0.717) is 4.60 Å². The third-order valence-electron chi connectivity index (χ3n) is 2.34. The molecule has 3 nitrogen and oxygen atoms in total. The minimum atomic E-state index is -1.68. The van der Waals surface area contributed by atoms with Gasteiger partial charge in [-0.2, -0.15) is 0 Å². The Morgan fingerprint density at radius 1 is 1.10 bits per heavy atom. The van der Waals surface area contributed by atoms with Crippen LogP contribution in [0.3, 0.4) is 0 Å². The van der Waals surface area contributed by atoms with Gasteiger partial charge in [0.05, 0.1) is 0 Å². The molecule has 0 spiro atoms. The van der Waals surface area contributed by atoms with Gasteiger partial charge in [0.15, 0.2) is 23.3 Å². The fourth-order valence-electron chi connectivity index (χ4n) is 1.41. The Morgan fingerprint density at radius 2 is 1.70 bits per heavy atom. The van der Waals surface area contributed by atoms with Crippen molar-refractivity contribution in [3.05, 3.63) is 57.8 Å². The van der Waals surface area contributed by atoms with Crippen molar-refractivity contribution in [1.82, 2.24) is 4.98 Å². The van der Waals surface area contributed by atoms with Crippen molar-refractivity contribution in [2.24, 2.45) is 0 Å². The van der Waals surface area contributed by atoms with Gasteiger partial charge in [0.1, 0.15) is 10.3 Å². The quantitative estimate of drug-likeness (QED) is 0.511. The van der Waals surface area contributed by atoms with Crippen LogP contribution in [-0.2, 0) is 0 Å². The van der Waals surface area contributed by atoms with Gasteiger partial charge in [0.2, 0.25) is 0 Å². The Balaban J connectivity index is 2.38. The second-order valence-electron chi connectivity index (χ2n) is 3.66. The molecule has 1 aromatic carbocycles. The van der Waals surface area contributed by atoms with Crippen LogP contribution in [0, 0.1) is 23.3 Å². The Kier molecular flexibility index (Phi) is 4.03. The summed E-state index contributed by atoms with van der Waals surface area (Å²) in [6.07, 6.45) is 1.28. The van der Waals surface area contributed by atoms with Crippen molar-refractivity contribution in [3.63, 3.8) is 0 Å². The fourth-order valence-corrected chi connectivity index (χ4v) is 1.78. The summed E-state index contributed by atoms with van der Waals surface area (Å²) in [5.74, 6) is -7.49. The highest BCUT2D eigenvalue weighted by Gasteiger charge is 2.21. The summed E-state index contributed by atoms with van der Waals surface area (Å²) in [4.78, 5) is 15.5. The topological polar surface area (TPSA) is 42.0 Å². The Hall–Kier alpha value is -1.96. The third kappa shape index (κ3) is 2.79. The maximum Gasteiger partial charge on any atom is 0.255 e. The normalized spacial score (nSPS) is 10.4. The monoisotopic (exact) mass is 348 g/mol. The fraction of sp³-hybridized carbons (Fsp3) is 0. The Bertz CT molecular complexity index is 667. The predicted octanol–water partition coefficient (Wildman–Crippen LogP) is 3.65. The second-order valence-corrected chi connectivity index (χ2v) is 4.48. The molecule has 0 aliphatic heterocycles. The number of aromatic nitrogens is 1. The maximum absolute atomic E-state index is 13.4. The molecule has 1 heterocycles. The minimum Gasteiger partial charge on any atom is -0.317 e. The van der Waals surface area contributed by atoms with Crippen LogP contribution in [0.4, 0.5) is 23.2 Å². The number of hydrogen-bond acceptors (Lipinski definition) is 2. The van der Waals surface area contributed by atoms with Gasteiger partial charge in [-0.25, -0.2) is 22.5 Å². The van der Waals surface area contributed by atoms with Crippen LogP contribution in [-0.4, -0.2) is 10.9 Å². The molecule has 1 amide bonds. The molecule has 8 heteroatoms. The van der Waals surface area contributed by atoms with E-state index in [9.17, 15) is 22.4 Å². The zero-order valence-corrected chi connectivity index (χ0v) is 11.1. The number of nitrogens with zero attached hydrogens (tertiary/aromatic N) is 1. The van der Waals surface area contributed by atoms with Crippen molar-refractivity contribution < 1.29 is 22.4 Å². The molecule has 1 N–H and O–H groups in total. The second kappa shape index (κ2) is 5.58. The van der Waals surface area contributed by atoms with Gasteiger partial charge in [-0.15, -0.1) is 0 Å². The van der Waals surface area contributed by atoms with E-state index in [1.54, 1.807) is 5.32 Å². The molecule has 0 saturated heterocycles. The predicted molar refractivity (Wildman–Crippen MR) is 66.2 cm³/mol. The molecule has 0 saturated carbocycles. The van der Waals surface area contributed by atoms with E-state index in [1.807, 2.05) is 0 Å². The number of anilines is 1. The summed E-state index contributed by atoms with van der Waals surface area (Å²) in [7, 11) is 0. The molecular weight excluding hydrogens is 344 g/mol. The van der Waals surface area contributed by atoms with Crippen molar-refractivity contribution in [1.29, 1.82) is 0 Å². The average Bonchev–Trinajstić information content (AvgIpc) is 2.41. The molecule has 2 aromatic rings. The summed E-state index contributed by atoms with van der Waals surface area (Å²) in [5, 5.41) is 1.79. The number of pyridine rings is 1. The van der Waals surface area contributed by atoms with Gasteiger partial charge in [0.25, 0.3) is 5.91 Å². The SMILES string of the molecule is O=C(Nc1c(F)c(F)cc(F)c1F)c1ccnc(Br)c1. The van der Waals surface area contributed by atoms with Gasteiger partial charge in [-0.05, 0) is 28.1 Å². The first-order valence-corrected chi connectivity index (χ1v) is 5.95. The Labute approximate surface area is 118 Å². The van der Waals surface area contributed by atoms with Gasteiger partial charge in [0, 0.05) is 17.8 Å². The van der Waals surface area contributed by atoms with Crippen LogP contribution in [0.25, 0.3) is 0 Å². The van der Waals surface area contributed by atoms with E-state index >= 15 is 0 Å². The van der Waals surface area contributed by atoms with Gasteiger partial charge in [-0.1, -0.05) is 0 Å². The molecule has 0 bridgehead atoms. The first-order chi connectivity index (χ1) is 9.40. The molecule has 0 radical (unpaired) electrons. The van der Waals surface area contributed by atoms with E-state index in [1.165, 1.54) is 18.3 Å². The van der Waals surface area contributed by atoms with Crippen molar-refractivity contribution in [2.45, 2.75) is 0 Å². The smallest absolute Gasteiger partial charge is 0.255 e. The highest BCUT2D eigenvalue weighted by atomic mass is 79.9. The minimum absolute atomic E-state index is 0.00958. The largest absolute Gasteiger partial charge is 0.317 e. The average molecular weight is 349 g/mol. The highest BCUT2D eigenvalue weighted by molar-refractivity contribution is 9.10. The molecule has 0 aliphatic rings. The number of nitrogens with one attached hydrogen (secondary N) is 1. The van der Waals surface area contributed by atoms with Crippen molar-refractivity contribution >= 4 is 27.5 Å².